The normalized spacial score (nSPS) is 18.8. The van der Waals surface area contributed by atoms with Crippen molar-refractivity contribution < 1.29 is 14.3 Å². The third-order valence-electron chi connectivity index (χ3n) is 8.91. The van der Waals surface area contributed by atoms with Crippen molar-refractivity contribution in [2.45, 2.75) is 48.5 Å². The molecule has 0 aromatic heterocycles. The molecule has 0 spiro atoms. The molecule has 0 bridgehead atoms. The second-order valence-electron chi connectivity index (χ2n) is 11.6. The summed E-state index contributed by atoms with van der Waals surface area (Å²) in [5.41, 5.74) is 1.55. The SMILES string of the molecule is COc1ccc(SCC2(c3ccccc3)CC2CCC(C)(C)[Si](O)(c2ccccc2)c2ccccc2)cc1OC. The summed E-state index contributed by atoms with van der Waals surface area (Å²) in [6.07, 6.45) is 3.23. The van der Waals surface area contributed by atoms with Crippen molar-refractivity contribution >= 4 is 30.5 Å². The number of hydrogen-bond donors (Lipinski definition) is 1. The smallest absolute Gasteiger partial charge is 0.258 e. The van der Waals surface area contributed by atoms with Crippen LogP contribution in [-0.4, -0.2) is 33.1 Å². The molecule has 1 aliphatic carbocycles. The molecule has 4 aromatic carbocycles. The summed E-state index contributed by atoms with van der Waals surface area (Å²) in [4.78, 5) is 13.8. The van der Waals surface area contributed by atoms with E-state index in [2.05, 4.69) is 105 Å². The van der Waals surface area contributed by atoms with Crippen molar-refractivity contribution in [3.05, 3.63) is 115 Å². The summed E-state index contributed by atoms with van der Waals surface area (Å²) in [5.74, 6) is 3.11. The van der Waals surface area contributed by atoms with E-state index >= 15 is 0 Å². The predicted molar refractivity (Wildman–Crippen MR) is 170 cm³/mol. The molecule has 3 nitrogen and oxygen atoms in total. The van der Waals surface area contributed by atoms with Gasteiger partial charge in [-0.25, -0.2) is 0 Å². The van der Waals surface area contributed by atoms with Crippen molar-refractivity contribution in [3.8, 4) is 11.5 Å². The third-order valence-corrected chi connectivity index (χ3v) is 14.7. The second kappa shape index (κ2) is 11.9. The molecule has 1 aliphatic rings. The summed E-state index contributed by atoms with van der Waals surface area (Å²) in [7, 11) is 0.342. The average Bonchev–Trinajstić information content (AvgIpc) is 3.74. The largest absolute Gasteiger partial charge is 0.493 e. The third kappa shape index (κ3) is 5.47. The van der Waals surface area contributed by atoms with Crippen molar-refractivity contribution in [3.63, 3.8) is 0 Å². The Morgan fingerprint density at radius 2 is 1.35 bits per heavy atom. The van der Waals surface area contributed by atoms with Gasteiger partial charge in [0, 0.05) is 16.1 Å². The second-order valence-corrected chi connectivity index (χ2v) is 16.6. The molecule has 0 heterocycles. The minimum absolute atomic E-state index is 0.133. The van der Waals surface area contributed by atoms with E-state index in [0.717, 1.165) is 40.5 Å². The molecule has 0 saturated heterocycles. The molecular formula is C35H40O3SSi. The first-order valence-electron chi connectivity index (χ1n) is 14.1. The molecule has 1 fully saturated rings. The fourth-order valence-electron chi connectivity index (χ4n) is 6.28. The Morgan fingerprint density at radius 3 is 1.90 bits per heavy atom. The zero-order chi connectivity index (χ0) is 28.2. The molecule has 1 N–H and O–H groups in total. The fourth-order valence-corrected chi connectivity index (χ4v) is 11.3. The van der Waals surface area contributed by atoms with Crippen molar-refractivity contribution in [1.29, 1.82) is 0 Å². The lowest BCUT2D eigenvalue weighted by Crippen LogP contribution is -2.65. The van der Waals surface area contributed by atoms with Crippen molar-refractivity contribution in [1.82, 2.24) is 0 Å². The van der Waals surface area contributed by atoms with E-state index in [0.29, 0.717) is 5.92 Å². The lowest BCUT2D eigenvalue weighted by molar-refractivity contribution is 0.354. The molecule has 0 amide bonds. The van der Waals surface area contributed by atoms with Gasteiger partial charge in [0.15, 0.2) is 11.5 Å². The van der Waals surface area contributed by atoms with Crippen LogP contribution in [0.1, 0.15) is 38.7 Å². The van der Waals surface area contributed by atoms with Gasteiger partial charge in [-0.05, 0) is 64.4 Å². The summed E-state index contributed by atoms with van der Waals surface area (Å²) >= 11 is 1.89. The van der Waals surface area contributed by atoms with E-state index < -0.39 is 8.32 Å². The summed E-state index contributed by atoms with van der Waals surface area (Å²) in [6, 6.07) is 37.9. The molecule has 4 aromatic rings. The van der Waals surface area contributed by atoms with Crippen LogP contribution in [0.25, 0.3) is 0 Å². The number of thioether (sulfide) groups is 1. The van der Waals surface area contributed by atoms with Gasteiger partial charge in [0.1, 0.15) is 0 Å². The van der Waals surface area contributed by atoms with Gasteiger partial charge in [0.05, 0.1) is 14.2 Å². The van der Waals surface area contributed by atoms with E-state index in [1.165, 1.54) is 16.9 Å². The maximum Gasteiger partial charge on any atom is 0.258 e. The molecule has 0 aliphatic heterocycles. The van der Waals surface area contributed by atoms with Crippen LogP contribution in [0, 0.1) is 5.92 Å². The summed E-state index contributed by atoms with van der Waals surface area (Å²) in [6.45, 7) is 4.56. The Morgan fingerprint density at radius 1 is 0.800 bits per heavy atom. The highest BCUT2D eigenvalue weighted by Gasteiger charge is 2.56. The minimum atomic E-state index is -3.02. The Bertz CT molecular complexity index is 1350. The Hall–Kier alpha value is -2.99. The summed E-state index contributed by atoms with van der Waals surface area (Å²) < 4.78 is 11.0. The van der Waals surface area contributed by atoms with Gasteiger partial charge >= 0.3 is 0 Å². The van der Waals surface area contributed by atoms with Crippen LogP contribution in [0.5, 0.6) is 11.5 Å². The molecule has 5 heteroatoms. The number of ether oxygens (including phenoxy) is 2. The molecule has 2 atom stereocenters. The van der Waals surface area contributed by atoms with Crippen LogP contribution >= 0.6 is 11.8 Å². The van der Waals surface area contributed by atoms with E-state index in [-0.39, 0.29) is 10.5 Å². The molecule has 5 rings (SSSR count). The van der Waals surface area contributed by atoms with Gasteiger partial charge in [-0.3, -0.25) is 0 Å². The van der Waals surface area contributed by atoms with E-state index in [4.69, 9.17) is 9.47 Å². The Balaban J connectivity index is 1.37. The maximum atomic E-state index is 12.6. The van der Waals surface area contributed by atoms with Crippen LogP contribution in [0.3, 0.4) is 0 Å². The van der Waals surface area contributed by atoms with Gasteiger partial charge in [-0.2, -0.15) is 0 Å². The first-order chi connectivity index (χ1) is 19.3. The lowest BCUT2D eigenvalue weighted by Gasteiger charge is -2.41. The first kappa shape index (κ1) is 28.5. The molecule has 40 heavy (non-hydrogen) atoms. The van der Waals surface area contributed by atoms with Crippen LogP contribution in [0.15, 0.2) is 114 Å². The zero-order valence-electron chi connectivity index (χ0n) is 24.0. The Kier molecular flexibility index (Phi) is 8.46. The molecule has 0 radical (unpaired) electrons. The maximum absolute atomic E-state index is 12.6. The van der Waals surface area contributed by atoms with Gasteiger partial charge < -0.3 is 14.3 Å². The lowest BCUT2D eigenvalue weighted by atomic mass is 9.92. The first-order valence-corrected chi connectivity index (χ1v) is 17.0. The molecular weight excluding hydrogens is 529 g/mol. The average molecular weight is 569 g/mol. The number of benzene rings is 4. The van der Waals surface area contributed by atoms with Gasteiger partial charge in [-0.15, -0.1) is 11.8 Å². The van der Waals surface area contributed by atoms with Crippen molar-refractivity contribution in [2.75, 3.05) is 20.0 Å². The summed E-state index contributed by atoms with van der Waals surface area (Å²) in [5, 5.41) is 1.93. The molecule has 208 valence electrons. The van der Waals surface area contributed by atoms with Crippen LogP contribution in [0.2, 0.25) is 5.04 Å². The number of methoxy groups -OCH3 is 2. The highest BCUT2D eigenvalue weighted by atomic mass is 32.2. The minimum Gasteiger partial charge on any atom is -0.493 e. The highest BCUT2D eigenvalue weighted by molar-refractivity contribution is 7.99. The quantitative estimate of drug-likeness (QED) is 0.147. The van der Waals surface area contributed by atoms with Crippen LogP contribution in [-0.2, 0) is 5.41 Å². The van der Waals surface area contributed by atoms with Gasteiger partial charge in [-0.1, -0.05) is 105 Å². The fraction of sp³-hybridized carbons (Fsp3) is 0.314. The highest BCUT2D eigenvalue weighted by Crippen LogP contribution is 2.60. The van der Waals surface area contributed by atoms with Crippen LogP contribution < -0.4 is 19.8 Å². The molecule has 2 unspecified atom stereocenters. The number of rotatable bonds is 12. The van der Waals surface area contributed by atoms with E-state index in [1.54, 1.807) is 14.2 Å². The Labute approximate surface area is 244 Å². The monoisotopic (exact) mass is 568 g/mol. The van der Waals surface area contributed by atoms with Gasteiger partial charge in [0.2, 0.25) is 0 Å². The molecule has 1 saturated carbocycles. The predicted octanol–water partition coefficient (Wildman–Crippen LogP) is 7.07. The van der Waals surface area contributed by atoms with Crippen LogP contribution in [0.4, 0.5) is 0 Å². The van der Waals surface area contributed by atoms with E-state index in [9.17, 15) is 4.80 Å². The standard InChI is InChI=1S/C35H40O3SSi/c1-34(2,40(36,30-16-10-6-11-17-30)31-18-12-7-13-19-31)23-22-28-25-35(28,27-14-8-5-9-15-27)26-39-29-20-21-32(37-3)33(24-29)38-4/h5-21,24,28,36H,22-23,25-26H2,1-4H3. The topological polar surface area (TPSA) is 38.7 Å². The number of hydrogen-bond acceptors (Lipinski definition) is 4. The van der Waals surface area contributed by atoms with E-state index in [1.807, 2.05) is 30.0 Å². The van der Waals surface area contributed by atoms with Gasteiger partial charge in [0.25, 0.3) is 8.32 Å². The van der Waals surface area contributed by atoms with Crippen molar-refractivity contribution in [2.24, 2.45) is 5.92 Å². The zero-order valence-corrected chi connectivity index (χ0v) is 25.8.